The Kier molecular flexibility index (Phi) is 5.60. The summed E-state index contributed by atoms with van der Waals surface area (Å²) >= 11 is 3.25. The molecule has 0 bridgehead atoms. The number of hydrogen-bond donors (Lipinski definition) is 1. The van der Waals surface area contributed by atoms with Gasteiger partial charge in [-0.05, 0) is 60.1 Å². The number of carbonyl (C=O) groups excluding carboxylic acids is 1. The van der Waals surface area contributed by atoms with E-state index in [0.29, 0.717) is 10.0 Å². The second kappa shape index (κ2) is 7.08. The van der Waals surface area contributed by atoms with Crippen LogP contribution in [0, 0.1) is 0 Å². The van der Waals surface area contributed by atoms with Gasteiger partial charge >= 0.3 is 5.97 Å². The SMILES string of the molecule is COC(=O)c1ccc(S(=O)(=O)N(C)C2CCNCC2)c(Br)c1. The summed E-state index contributed by atoms with van der Waals surface area (Å²) in [6.07, 6.45) is 1.57. The molecule has 22 heavy (non-hydrogen) atoms. The lowest BCUT2D eigenvalue weighted by Crippen LogP contribution is -2.43. The molecule has 0 unspecified atom stereocenters. The molecule has 0 atom stereocenters. The zero-order valence-corrected chi connectivity index (χ0v) is 14.9. The van der Waals surface area contributed by atoms with Crippen LogP contribution >= 0.6 is 15.9 Å². The molecule has 1 aromatic carbocycles. The molecule has 0 saturated carbocycles. The van der Waals surface area contributed by atoms with Crippen molar-refractivity contribution in [3.8, 4) is 0 Å². The summed E-state index contributed by atoms with van der Waals surface area (Å²) in [5, 5.41) is 3.22. The third kappa shape index (κ3) is 3.51. The average molecular weight is 391 g/mol. The second-order valence-electron chi connectivity index (χ2n) is 5.14. The monoisotopic (exact) mass is 390 g/mol. The van der Waals surface area contributed by atoms with Crippen LogP contribution in [0.3, 0.4) is 0 Å². The first-order valence-electron chi connectivity index (χ1n) is 6.94. The predicted octanol–water partition coefficient (Wildman–Crippen LogP) is 1.61. The van der Waals surface area contributed by atoms with Gasteiger partial charge < -0.3 is 10.1 Å². The number of carbonyl (C=O) groups is 1. The molecule has 6 nitrogen and oxygen atoms in total. The van der Waals surface area contributed by atoms with Crippen molar-refractivity contribution in [2.45, 2.75) is 23.8 Å². The van der Waals surface area contributed by atoms with Gasteiger partial charge in [0.05, 0.1) is 17.6 Å². The van der Waals surface area contributed by atoms with Gasteiger partial charge in [-0.3, -0.25) is 0 Å². The topological polar surface area (TPSA) is 75.7 Å². The van der Waals surface area contributed by atoms with E-state index in [9.17, 15) is 13.2 Å². The van der Waals surface area contributed by atoms with Gasteiger partial charge in [-0.1, -0.05) is 0 Å². The number of rotatable bonds is 4. The highest BCUT2D eigenvalue weighted by Crippen LogP contribution is 2.28. The van der Waals surface area contributed by atoms with Crippen LogP contribution in [0.25, 0.3) is 0 Å². The third-order valence-electron chi connectivity index (χ3n) is 3.83. The summed E-state index contributed by atoms with van der Waals surface area (Å²) in [5.41, 5.74) is 0.304. The Morgan fingerprint density at radius 2 is 2.00 bits per heavy atom. The third-order valence-corrected chi connectivity index (χ3v) is 6.72. The number of esters is 1. The standard InChI is InChI=1S/C14H19BrN2O4S/c1-17(11-5-7-16-8-6-11)22(19,20)13-4-3-10(9-12(13)15)14(18)21-2/h3-4,9,11,16H,5-8H2,1-2H3. The number of piperidine rings is 1. The molecular weight excluding hydrogens is 372 g/mol. The highest BCUT2D eigenvalue weighted by atomic mass is 79.9. The van der Waals surface area contributed by atoms with Crippen molar-refractivity contribution in [3.63, 3.8) is 0 Å². The maximum Gasteiger partial charge on any atom is 0.337 e. The van der Waals surface area contributed by atoms with Gasteiger partial charge in [0.25, 0.3) is 0 Å². The molecule has 0 radical (unpaired) electrons. The van der Waals surface area contributed by atoms with E-state index in [1.807, 2.05) is 0 Å². The van der Waals surface area contributed by atoms with E-state index >= 15 is 0 Å². The normalized spacial score (nSPS) is 16.7. The molecular formula is C14H19BrN2O4S. The van der Waals surface area contributed by atoms with Crippen LogP contribution in [0.15, 0.2) is 27.6 Å². The van der Waals surface area contributed by atoms with Crippen molar-refractivity contribution in [2.75, 3.05) is 27.2 Å². The van der Waals surface area contributed by atoms with E-state index < -0.39 is 16.0 Å². The van der Waals surface area contributed by atoms with Crippen LogP contribution < -0.4 is 5.32 Å². The highest BCUT2D eigenvalue weighted by molar-refractivity contribution is 9.10. The molecule has 0 aliphatic carbocycles. The number of sulfonamides is 1. The van der Waals surface area contributed by atoms with E-state index in [1.54, 1.807) is 7.05 Å². The van der Waals surface area contributed by atoms with Crippen molar-refractivity contribution in [2.24, 2.45) is 0 Å². The summed E-state index contributed by atoms with van der Waals surface area (Å²) < 4.78 is 31.9. The molecule has 1 aliphatic heterocycles. The molecule has 0 spiro atoms. The lowest BCUT2D eigenvalue weighted by atomic mass is 10.1. The van der Waals surface area contributed by atoms with Crippen LogP contribution in [0.5, 0.6) is 0 Å². The van der Waals surface area contributed by atoms with Crippen molar-refractivity contribution < 1.29 is 17.9 Å². The first kappa shape index (κ1) is 17.4. The summed E-state index contributed by atoms with van der Waals surface area (Å²) in [6.45, 7) is 1.62. The second-order valence-corrected chi connectivity index (χ2v) is 7.96. The van der Waals surface area contributed by atoms with E-state index in [1.165, 1.54) is 29.6 Å². The van der Waals surface area contributed by atoms with Gasteiger partial charge in [0.2, 0.25) is 10.0 Å². The van der Waals surface area contributed by atoms with Gasteiger partial charge in [-0.15, -0.1) is 0 Å². The van der Waals surface area contributed by atoms with Crippen LogP contribution in [0.4, 0.5) is 0 Å². The fourth-order valence-corrected chi connectivity index (χ4v) is 4.93. The Hall–Kier alpha value is -0.960. The van der Waals surface area contributed by atoms with E-state index in [4.69, 9.17) is 0 Å². The first-order chi connectivity index (χ1) is 10.4. The number of ether oxygens (including phenoxy) is 1. The Morgan fingerprint density at radius 1 is 1.36 bits per heavy atom. The molecule has 1 heterocycles. The number of hydrogen-bond acceptors (Lipinski definition) is 5. The van der Waals surface area contributed by atoms with Crippen molar-refractivity contribution in [3.05, 3.63) is 28.2 Å². The minimum absolute atomic E-state index is 0.0153. The zero-order chi connectivity index (χ0) is 16.3. The maximum absolute atomic E-state index is 12.8. The summed E-state index contributed by atoms with van der Waals surface area (Å²) in [6, 6.07) is 4.34. The molecule has 0 amide bonds. The van der Waals surface area contributed by atoms with Gasteiger partial charge in [-0.25, -0.2) is 13.2 Å². The highest BCUT2D eigenvalue weighted by Gasteiger charge is 2.30. The lowest BCUT2D eigenvalue weighted by molar-refractivity contribution is 0.0600. The van der Waals surface area contributed by atoms with E-state index in [2.05, 4.69) is 26.0 Å². The minimum atomic E-state index is -3.61. The minimum Gasteiger partial charge on any atom is -0.465 e. The number of benzene rings is 1. The summed E-state index contributed by atoms with van der Waals surface area (Å²) in [4.78, 5) is 11.7. The Morgan fingerprint density at radius 3 is 2.55 bits per heavy atom. The predicted molar refractivity (Wildman–Crippen MR) is 86.3 cm³/mol. The lowest BCUT2D eigenvalue weighted by Gasteiger charge is -2.31. The van der Waals surface area contributed by atoms with Crippen molar-refractivity contribution in [1.82, 2.24) is 9.62 Å². The van der Waals surface area contributed by atoms with E-state index in [0.717, 1.165) is 25.9 Å². The molecule has 0 aromatic heterocycles. The fourth-order valence-electron chi connectivity index (χ4n) is 2.48. The van der Waals surface area contributed by atoms with Gasteiger partial charge in [0, 0.05) is 17.6 Å². The van der Waals surface area contributed by atoms with Crippen LogP contribution in [0.2, 0.25) is 0 Å². The van der Waals surface area contributed by atoms with Crippen LogP contribution in [0.1, 0.15) is 23.2 Å². The maximum atomic E-state index is 12.8. The molecule has 1 aliphatic rings. The number of nitrogens with one attached hydrogen (secondary N) is 1. The number of nitrogens with zero attached hydrogens (tertiary/aromatic N) is 1. The zero-order valence-electron chi connectivity index (χ0n) is 12.5. The molecule has 1 N–H and O–H groups in total. The smallest absolute Gasteiger partial charge is 0.337 e. The van der Waals surface area contributed by atoms with Gasteiger partial charge in [0.1, 0.15) is 0 Å². The van der Waals surface area contributed by atoms with Gasteiger partial charge in [-0.2, -0.15) is 4.31 Å². The number of halogens is 1. The molecule has 1 fully saturated rings. The largest absolute Gasteiger partial charge is 0.465 e. The fraction of sp³-hybridized carbons (Fsp3) is 0.500. The Bertz CT molecular complexity index is 657. The van der Waals surface area contributed by atoms with E-state index in [-0.39, 0.29) is 10.9 Å². The van der Waals surface area contributed by atoms with Crippen LogP contribution in [-0.2, 0) is 14.8 Å². The Labute approximate surface area is 139 Å². The van der Waals surface area contributed by atoms with Crippen LogP contribution in [-0.4, -0.2) is 52.0 Å². The summed E-state index contributed by atoms with van der Waals surface area (Å²) in [5.74, 6) is -0.503. The molecule has 1 aromatic rings. The van der Waals surface area contributed by atoms with Crippen molar-refractivity contribution >= 4 is 31.9 Å². The summed E-state index contributed by atoms with van der Waals surface area (Å²) in [7, 11) is -0.725. The molecule has 8 heteroatoms. The van der Waals surface area contributed by atoms with Gasteiger partial charge in [0.15, 0.2) is 0 Å². The first-order valence-corrected chi connectivity index (χ1v) is 9.18. The number of methoxy groups -OCH3 is 1. The molecule has 122 valence electrons. The molecule has 1 saturated heterocycles. The van der Waals surface area contributed by atoms with Crippen molar-refractivity contribution in [1.29, 1.82) is 0 Å². The average Bonchev–Trinajstić information content (AvgIpc) is 2.53. The molecule has 2 rings (SSSR count). The quantitative estimate of drug-likeness (QED) is 0.790. The Balaban J connectivity index is 2.30.